The van der Waals surface area contributed by atoms with Crippen molar-refractivity contribution in [1.29, 1.82) is 5.26 Å². The molecular formula is C14H14N2O2. The lowest BCUT2D eigenvalue weighted by Gasteiger charge is -2.23. The van der Waals surface area contributed by atoms with Crippen molar-refractivity contribution in [1.82, 2.24) is 5.32 Å². The molecule has 1 aromatic rings. The molecule has 0 fully saturated rings. The van der Waals surface area contributed by atoms with Crippen molar-refractivity contribution in [3.05, 3.63) is 41.1 Å². The number of methoxy groups -OCH3 is 1. The standard InChI is InChI=1S/C14H14N2O2/c1-9-13(8-15)12(7-14(17)16-9)10-3-5-11(18-2)6-4-10/h3-6,12H,7H2,1-2H3,(H,16,17). The number of nitrogens with zero attached hydrogens (tertiary/aromatic N) is 1. The van der Waals surface area contributed by atoms with E-state index in [0.717, 1.165) is 11.3 Å². The molecule has 4 nitrogen and oxygen atoms in total. The second-order valence-corrected chi connectivity index (χ2v) is 4.23. The van der Waals surface area contributed by atoms with Gasteiger partial charge in [0.1, 0.15) is 5.75 Å². The number of carbonyl (C=O) groups is 1. The Kier molecular flexibility index (Phi) is 3.33. The van der Waals surface area contributed by atoms with Crippen LogP contribution in [-0.4, -0.2) is 13.0 Å². The molecule has 1 unspecified atom stereocenters. The molecule has 0 radical (unpaired) electrons. The predicted molar refractivity (Wildman–Crippen MR) is 66.8 cm³/mol. The van der Waals surface area contributed by atoms with Crippen LogP contribution in [0.4, 0.5) is 0 Å². The number of carbonyl (C=O) groups excluding carboxylic acids is 1. The van der Waals surface area contributed by atoms with Crippen molar-refractivity contribution in [3.8, 4) is 11.8 Å². The van der Waals surface area contributed by atoms with Gasteiger partial charge in [-0.05, 0) is 24.6 Å². The highest BCUT2D eigenvalue weighted by atomic mass is 16.5. The third-order valence-electron chi connectivity index (χ3n) is 3.11. The van der Waals surface area contributed by atoms with E-state index in [1.54, 1.807) is 14.0 Å². The number of hydrogen-bond donors (Lipinski definition) is 1. The van der Waals surface area contributed by atoms with Crippen LogP contribution in [0.5, 0.6) is 5.75 Å². The number of rotatable bonds is 2. The Morgan fingerprint density at radius 3 is 2.61 bits per heavy atom. The van der Waals surface area contributed by atoms with Crippen LogP contribution in [0, 0.1) is 11.3 Å². The molecule has 0 saturated carbocycles. The van der Waals surface area contributed by atoms with Gasteiger partial charge in [0.2, 0.25) is 5.91 Å². The molecule has 0 aliphatic carbocycles. The molecule has 0 bridgehead atoms. The van der Waals surface area contributed by atoms with Crippen LogP contribution in [0.15, 0.2) is 35.5 Å². The summed E-state index contributed by atoms with van der Waals surface area (Å²) in [4.78, 5) is 11.6. The van der Waals surface area contributed by atoms with Crippen LogP contribution in [0.3, 0.4) is 0 Å². The van der Waals surface area contributed by atoms with Gasteiger partial charge in [0, 0.05) is 18.0 Å². The molecule has 0 aromatic heterocycles. The fraction of sp³-hybridized carbons (Fsp3) is 0.286. The van der Waals surface area contributed by atoms with Crippen LogP contribution < -0.4 is 10.1 Å². The molecular weight excluding hydrogens is 228 g/mol. The minimum atomic E-state index is -0.158. The second-order valence-electron chi connectivity index (χ2n) is 4.23. The van der Waals surface area contributed by atoms with Gasteiger partial charge in [-0.2, -0.15) is 5.26 Å². The molecule has 1 aromatic carbocycles. The summed E-state index contributed by atoms with van der Waals surface area (Å²) in [6, 6.07) is 9.66. The van der Waals surface area contributed by atoms with Crippen molar-refractivity contribution >= 4 is 5.91 Å². The van der Waals surface area contributed by atoms with Gasteiger partial charge < -0.3 is 10.1 Å². The van der Waals surface area contributed by atoms with E-state index >= 15 is 0 Å². The van der Waals surface area contributed by atoms with Crippen LogP contribution in [0.1, 0.15) is 24.8 Å². The summed E-state index contributed by atoms with van der Waals surface area (Å²) in [5.74, 6) is 0.556. The molecule has 2 rings (SSSR count). The Balaban J connectivity index is 2.38. The molecule has 0 spiro atoms. The van der Waals surface area contributed by atoms with Crippen molar-refractivity contribution in [2.24, 2.45) is 0 Å². The third-order valence-corrected chi connectivity index (χ3v) is 3.11. The first-order valence-electron chi connectivity index (χ1n) is 5.70. The van der Waals surface area contributed by atoms with Gasteiger partial charge in [0.25, 0.3) is 0 Å². The van der Waals surface area contributed by atoms with E-state index in [1.165, 1.54) is 0 Å². The summed E-state index contributed by atoms with van der Waals surface area (Å²) in [5.41, 5.74) is 2.23. The molecule has 1 N–H and O–H groups in total. The van der Waals surface area contributed by atoms with Gasteiger partial charge in [-0.25, -0.2) is 0 Å². The van der Waals surface area contributed by atoms with E-state index < -0.39 is 0 Å². The van der Waals surface area contributed by atoms with E-state index in [0.29, 0.717) is 17.7 Å². The third kappa shape index (κ3) is 2.21. The van der Waals surface area contributed by atoms with Gasteiger partial charge in [0.15, 0.2) is 0 Å². The minimum Gasteiger partial charge on any atom is -0.497 e. The van der Waals surface area contributed by atoms with Crippen LogP contribution in [-0.2, 0) is 4.79 Å². The lowest BCUT2D eigenvalue weighted by molar-refractivity contribution is -0.121. The number of ether oxygens (including phenoxy) is 1. The zero-order chi connectivity index (χ0) is 13.1. The van der Waals surface area contributed by atoms with E-state index in [4.69, 9.17) is 4.74 Å². The maximum Gasteiger partial charge on any atom is 0.225 e. The first-order chi connectivity index (χ1) is 8.65. The quantitative estimate of drug-likeness (QED) is 0.863. The van der Waals surface area contributed by atoms with E-state index in [2.05, 4.69) is 11.4 Å². The van der Waals surface area contributed by atoms with Crippen molar-refractivity contribution in [2.45, 2.75) is 19.3 Å². The number of amides is 1. The monoisotopic (exact) mass is 242 g/mol. The average Bonchev–Trinajstić information content (AvgIpc) is 2.38. The highest BCUT2D eigenvalue weighted by Crippen LogP contribution is 2.32. The number of nitriles is 1. The van der Waals surface area contributed by atoms with Crippen molar-refractivity contribution < 1.29 is 9.53 Å². The molecule has 1 atom stereocenters. The first-order valence-corrected chi connectivity index (χ1v) is 5.70. The maximum absolute atomic E-state index is 11.6. The zero-order valence-electron chi connectivity index (χ0n) is 10.4. The van der Waals surface area contributed by atoms with Crippen molar-refractivity contribution in [2.75, 3.05) is 7.11 Å². The Morgan fingerprint density at radius 2 is 2.06 bits per heavy atom. The van der Waals surface area contributed by atoms with E-state index in [1.807, 2.05) is 24.3 Å². The van der Waals surface area contributed by atoms with Crippen molar-refractivity contribution in [3.63, 3.8) is 0 Å². The molecule has 1 amide bonds. The van der Waals surface area contributed by atoms with Gasteiger partial charge >= 0.3 is 0 Å². The SMILES string of the molecule is COc1ccc(C2CC(=O)NC(C)=C2C#N)cc1. The smallest absolute Gasteiger partial charge is 0.225 e. The first kappa shape index (κ1) is 12.2. The molecule has 0 saturated heterocycles. The summed E-state index contributed by atoms with van der Waals surface area (Å²) < 4.78 is 5.10. The summed E-state index contributed by atoms with van der Waals surface area (Å²) in [5, 5.41) is 11.9. The molecule has 18 heavy (non-hydrogen) atoms. The Morgan fingerprint density at radius 1 is 1.39 bits per heavy atom. The number of allylic oxidation sites excluding steroid dienone is 2. The highest BCUT2D eigenvalue weighted by Gasteiger charge is 2.27. The summed E-state index contributed by atoms with van der Waals surface area (Å²) in [6.45, 7) is 1.76. The Bertz CT molecular complexity index is 538. The predicted octanol–water partition coefficient (Wildman–Crippen LogP) is 2.10. The Hall–Kier alpha value is -2.28. The van der Waals surface area contributed by atoms with Gasteiger partial charge in [-0.3, -0.25) is 4.79 Å². The topological polar surface area (TPSA) is 62.1 Å². The van der Waals surface area contributed by atoms with Gasteiger partial charge in [0.05, 0.1) is 18.8 Å². The highest BCUT2D eigenvalue weighted by molar-refractivity contribution is 5.81. The fourth-order valence-electron chi connectivity index (χ4n) is 2.16. The molecule has 1 aliphatic rings. The normalized spacial score (nSPS) is 19.2. The number of benzene rings is 1. The van der Waals surface area contributed by atoms with E-state index in [9.17, 15) is 10.1 Å². The summed E-state index contributed by atoms with van der Waals surface area (Å²) in [6.07, 6.45) is 0.312. The largest absolute Gasteiger partial charge is 0.497 e. The average molecular weight is 242 g/mol. The number of nitrogens with one attached hydrogen (secondary N) is 1. The Labute approximate surface area is 106 Å². The second kappa shape index (κ2) is 4.92. The molecule has 92 valence electrons. The maximum atomic E-state index is 11.6. The molecule has 1 aliphatic heterocycles. The fourth-order valence-corrected chi connectivity index (χ4v) is 2.16. The molecule has 4 heteroatoms. The van der Waals surface area contributed by atoms with Crippen LogP contribution in [0.25, 0.3) is 0 Å². The summed E-state index contributed by atoms with van der Waals surface area (Å²) >= 11 is 0. The van der Waals surface area contributed by atoms with Crippen LogP contribution in [0.2, 0.25) is 0 Å². The van der Waals surface area contributed by atoms with Gasteiger partial charge in [-0.1, -0.05) is 12.1 Å². The van der Waals surface area contributed by atoms with Crippen LogP contribution >= 0.6 is 0 Å². The number of hydrogen-bond acceptors (Lipinski definition) is 3. The lowest BCUT2D eigenvalue weighted by atomic mass is 9.85. The molecule has 1 heterocycles. The van der Waals surface area contributed by atoms with Gasteiger partial charge in [-0.15, -0.1) is 0 Å². The lowest BCUT2D eigenvalue weighted by Crippen LogP contribution is -2.30. The minimum absolute atomic E-state index is 0.0488. The zero-order valence-corrected chi connectivity index (χ0v) is 10.4. The summed E-state index contributed by atoms with van der Waals surface area (Å²) in [7, 11) is 1.60. The van der Waals surface area contributed by atoms with E-state index in [-0.39, 0.29) is 11.8 Å².